The lowest BCUT2D eigenvalue weighted by molar-refractivity contribution is 0.297. The van der Waals surface area contributed by atoms with Crippen LogP contribution < -0.4 is 4.74 Å². The molecule has 0 spiro atoms. The minimum absolute atomic E-state index is 0.671. The summed E-state index contributed by atoms with van der Waals surface area (Å²) in [5, 5.41) is 0. The van der Waals surface area contributed by atoms with Crippen molar-refractivity contribution in [3.8, 4) is 5.75 Å². The van der Waals surface area contributed by atoms with Crippen molar-refractivity contribution in [3.63, 3.8) is 0 Å². The van der Waals surface area contributed by atoms with Gasteiger partial charge in [-0.25, -0.2) is 4.98 Å². The van der Waals surface area contributed by atoms with E-state index in [-0.39, 0.29) is 0 Å². The normalized spacial score (nSPS) is 10.5. The van der Waals surface area contributed by atoms with Gasteiger partial charge in [0.05, 0.1) is 6.54 Å². The predicted molar refractivity (Wildman–Crippen MR) is 68.3 cm³/mol. The molecular formula is C14H18N2O. The fourth-order valence-electron chi connectivity index (χ4n) is 1.76. The van der Waals surface area contributed by atoms with Crippen molar-refractivity contribution in [2.75, 3.05) is 6.61 Å². The third kappa shape index (κ3) is 3.09. The second kappa shape index (κ2) is 5.53. The quantitative estimate of drug-likeness (QED) is 0.789. The van der Waals surface area contributed by atoms with E-state index >= 15 is 0 Å². The number of nitrogens with zero attached hydrogens (tertiary/aromatic N) is 2. The lowest BCUT2D eigenvalue weighted by atomic mass is 10.2. The first kappa shape index (κ1) is 11.7. The molecule has 0 fully saturated rings. The summed E-state index contributed by atoms with van der Waals surface area (Å²) in [6.45, 7) is 5.65. The summed E-state index contributed by atoms with van der Waals surface area (Å²) in [7, 11) is 0. The van der Waals surface area contributed by atoms with Gasteiger partial charge in [-0.2, -0.15) is 0 Å². The minimum Gasteiger partial charge on any atom is -0.492 e. The van der Waals surface area contributed by atoms with E-state index in [0.29, 0.717) is 6.61 Å². The zero-order valence-corrected chi connectivity index (χ0v) is 10.4. The van der Waals surface area contributed by atoms with Crippen molar-refractivity contribution in [2.45, 2.75) is 26.8 Å². The summed E-state index contributed by atoms with van der Waals surface area (Å²) in [5.74, 6) is 1.97. The van der Waals surface area contributed by atoms with Gasteiger partial charge in [0.25, 0.3) is 0 Å². The molecule has 0 saturated carbocycles. The molecule has 1 heterocycles. The van der Waals surface area contributed by atoms with Crippen molar-refractivity contribution in [2.24, 2.45) is 0 Å². The van der Waals surface area contributed by atoms with Gasteiger partial charge in [-0.15, -0.1) is 0 Å². The Labute approximate surface area is 102 Å². The van der Waals surface area contributed by atoms with E-state index in [9.17, 15) is 0 Å². The summed E-state index contributed by atoms with van der Waals surface area (Å²) in [6.07, 6.45) is 4.83. The highest BCUT2D eigenvalue weighted by molar-refractivity contribution is 5.28. The van der Waals surface area contributed by atoms with Crippen LogP contribution in [0.25, 0.3) is 0 Å². The number of aryl methyl sites for hydroxylation is 2. The molecule has 3 nitrogen and oxygen atoms in total. The Morgan fingerprint density at radius 1 is 1.35 bits per heavy atom. The molecule has 0 saturated heterocycles. The van der Waals surface area contributed by atoms with Gasteiger partial charge < -0.3 is 9.30 Å². The molecule has 0 bridgehead atoms. The fraction of sp³-hybridized carbons (Fsp3) is 0.357. The van der Waals surface area contributed by atoms with Gasteiger partial charge in [0, 0.05) is 12.4 Å². The second-order valence-corrected chi connectivity index (χ2v) is 4.02. The summed E-state index contributed by atoms with van der Waals surface area (Å²) in [4.78, 5) is 4.18. The van der Waals surface area contributed by atoms with E-state index in [0.717, 1.165) is 24.5 Å². The Morgan fingerprint density at radius 3 is 2.94 bits per heavy atom. The fourth-order valence-corrected chi connectivity index (χ4v) is 1.76. The number of aromatic nitrogens is 2. The van der Waals surface area contributed by atoms with Crippen molar-refractivity contribution in [1.29, 1.82) is 0 Å². The standard InChI is InChI=1S/C14H18N2O/c1-3-13-5-4-6-14(11-13)17-10-9-16-8-7-15-12(16)2/h4-8,11H,3,9-10H2,1-2H3. The van der Waals surface area contributed by atoms with Crippen LogP contribution in [0, 0.1) is 6.92 Å². The summed E-state index contributed by atoms with van der Waals surface area (Å²) in [6, 6.07) is 8.25. The smallest absolute Gasteiger partial charge is 0.119 e. The van der Waals surface area contributed by atoms with Crippen LogP contribution in [0.3, 0.4) is 0 Å². The molecule has 0 unspecified atom stereocenters. The third-order valence-corrected chi connectivity index (χ3v) is 2.83. The molecule has 0 amide bonds. The molecule has 90 valence electrons. The first-order chi connectivity index (χ1) is 8.29. The van der Waals surface area contributed by atoms with E-state index < -0.39 is 0 Å². The van der Waals surface area contributed by atoms with Crippen LogP contribution in [0.5, 0.6) is 5.75 Å². The average Bonchev–Trinajstić information content (AvgIpc) is 2.76. The molecule has 0 radical (unpaired) electrons. The number of rotatable bonds is 5. The molecule has 0 atom stereocenters. The first-order valence-electron chi connectivity index (χ1n) is 5.99. The van der Waals surface area contributed by atoms with Crippen molar-refractivity contribution in [3.05, 3.63) is 48.0 Å². The van der Waals surface area contributed by atoms with E-state index in [2.05, 4.69) is 28.6 Å². The summed E-state index contributed by atoms with van der Waals surface area (Å²) >= 11 is 0. The summed E-state index contributed by atoms with van der Waals surface area (Å²) in [5.41, 5.74) is 1.31. The van der Waals surface area contributed by atoms with E-state index in [1.807, 2.05) is 31.5 Å². The molecule has 2 aromatic rings. The highest BCUT2D eigenvalue weighted by Gasteiger charge is 1.98. The average molecular weight is 230 g/mol. The molecule has 2 rings (SSSR count). The van der Waals surface area contributed by atoms with Gasteiger partial charge in [-0.1, -0.05) is 19.1 Å². The Balaban J connectivity index is 1.87. The zero-order chi connectivity index (χ0) is 12.1. The van der Waals surface area contributed by atoms with Crippen LogP contribution in [0.1, 0.15) is 18.3 Å². The van der Waals surface area contributed by atoms with Crippen molar-refractivity contribution >= 4 is 0 Å². The Hall–Kier alpha value is -1.77. The molecular weight excluding hydrogens is 212 g/mol. The van der Waals surface area contributed by atoms with Crippen molar-refractivity contribution in [1.82, 2.24) is 9.55 Å². The van der Waals surface area contributed by atoms with Crippen LogP contribution in [0.4, 0.5) is 0 Å². The van der Waals surface area contributed by atoms with E-state index in [1.165, 1.54) is 5.56 Å². The Kier molecular flexibility index (Phi) is 3.81. The second-order valence-electron chi connectivity index (χ2n) is 4.02. The number of hydrogen-bond donors (Lipinski definition) is 0. The van der Waals surface area contributed by atoms with Crippen LogP contribution in [0.2, 0.25) is 0 Å². The molecule has 0 N–H and O–H groups in total. The van der Waals surface area contributed by atoms with Gasteiger partial charge in [-0.05, 0) is 31.0 Å². The van der Waals surface area contributed by atoms with Gasteiger partial charge in [0.15, 0.2) is 0 Å². The minimum atomic E-state index is 0.671. The topological polar surface area (TPSA) is 27.1 Å². The van der Waals surface area contributed by atoms with Gasteiger partial charge in [0.1, 0.15) is 18.2 Å². The lowest BCUT2D eigenvalue weighted by Crippen LogP contribution is -2.08. The van der Waals surface area contributed by atoms with Crippen LogP contribution in [-0.2, 0) is 13.0 Å². The Morgan fingerprint density at radius 2 is 2.24 bits per heavy atom. The molecule has 0 aliphatic carbocycles. The zero-order valence-electron chi connectivity index (χ0n) is 10.4. The number of benzene rings is 1. The summed E-state index contributed by atoms with van der Waals surface area (Å²) < 4.78 is 7.82. The SMILES string of the molecule is CCc1cccc(OCCn2ccnc2C)c1. The van der Waals surface area contributed by atoms with Gasteiger partial charge in [0.2, 0.25) is 0 Å². The number of hydrogen-bond acceptors (Lipinski definition) is 2. The maximum atomic E-state index is 5.73. The molecule has 17 heavy (non-hydrogen) atoms. The first-order valence-corrected chi connectivity index (χ1v) is 5.99. The van der Waals surface area contributed by atoms with Gasteiger partial charge >= 0.3 is 0 Å². The number of imidazole rings is 1. The van der Waals surface area contributed by atoms with E-state index in [4.69, 9.17) is 4.74 Å². The molecule has 1 aromatic carbocycles. The van der Waals surface area contributed by atoms with Crippen molar-refractivity contribution < 1.29 is 4.74 Å². The number of ether oxygens (including phenoxy) is 1. The van der Waals surface area contributed by atoms with Gasteiger partial charge in [-0.3, -0.25) is 0 Å². The molecule has 0 aliphatic heterocycles. The lowest BCUT2D eigenvalue weighted by Gasteiger charge is -2.08. The van der Waals surface area contributed by atoms with Crippen LogP contribution in [0.15, 0.2) is 36.7 Å². The van der Waals surface area contributed by atoms with E-state index in [1.54, 1.807) is 0 Å². The largest absolute Gasteiger partial charge is 0.492 e. The predicted octanol–water partition coefficient (Wildman–Crippen LogP) is 2.83. The molecule has 3 heteroatoms. The van der Waals surface area contributed by atoms with Crippen LogP contribution >= 0.6 is 0 Å². The van der Waals surface area contributed by atoms with Crippen LogP contribution in [-0.4, -0.2) is 16.2 Å². The monoisotopic (exact) mass is 230 g/mol. The maximum Gasteiger partial charge on any atom is 0.119 e. The highest BCUT2D eigenvalue weighted by atomic mass is 16.5. The molecule has 0 aliphatic rings. The third-order valence-electron chi connectivity index (χ3n) is 2.83. The molecule has 1 aromatic heterocycles. The Bertz CT molecular complexity index is 477. The highest BCUT2D eigenvalue weighted by Crippen LogP contribution is 2.13. The maximum absolute atomic E-state index is 5.73.